The van der Waals surface area contributed by atoms with Gasteiger partial charge in [-0.25, -0.2) is 4.79 Å². The Morgan fingerprint density at radius 3 is 2.23 bits per heavy atom. The number of methoxy groups -OCH3 is 1. The minimum absolute atomic E-state index is 0.00202. The van der Waals surface area contributed by atoms with E-state index in [9.17, 15) is 14.7 Å². The van der Waals surface area contributed by atoms with Crippen LogP contribution in [-0.2, 0) is 16.1 Å². The van der Waals surface area contributed by atoms with E-state index in [1.54, 1.807) is 12.0 Å². The van der Waals surface area contributed by atoms with Crippen molar-refractivity contribution in [3.63, 3.8) is 0 Å². The first-order valence-electron chi connectivity index (χ1n) is 14.8. The maximum absolute atomic E-state index is 14.3. The van der Waals surface area contributed by atoms with Crippen LogP contribution in [0.5, 0.6) is 5.75 Å². The molecule has 1 saturated carbocycles. The average Bonchev–Trinajstić information content (AvgIpc) is 3.28. The molecule has 2 aromatic rings. The molecule has 4 rings (SSSR count). The van der Waals surface area contributed by atoms with Gasteiger partial charge >= 0.3 is 5.97 Å². The van der Waals surface area contributed by atoms with Crippen molar-refractivity contribution in [1.29, 1.82) is 0 Å². The second-order valence-electron chi connectivity index (χ2n) is 13.8. The van der Waals surface area contributed by atoms with Crippen LogP contribution >= 0.6 is 0 Å². The fourth-order valence-corrected chi connectivity index (χ4v) is 8.09. The van der Waals surface area contributed by atoms with Gasteiger partial charge in [-0.3, -0.25) is 4.79 Å². The first-order valence-corrected chi connectivity index (χ1v) is 18.3. The number of hydrogen-bond acceptors (Lipinski definition) is 4. The number of benzene rings is 2. The van der Waals surface area contributed by atoms with E-state index < -0.39 is 20.1 Å². The summed E-state index contributed by atoms with van der Waals surface area (Å²) in [6, 6.07) is 14.9. The summed E-state index contributed by atoms with van der Waals surface area (Å²) in [6.07, 6.45) is 4.86. The van der Waals surface area contributed by atoms with Crippen LogP contribution in [0.15, 0.2) is 48.5 Å². The molecule has 1 saturated heterocycles. The van der Waals surface area contributed by atoms with Crippen LogP contribution in [0.1, 0.15) is 70.0 Å². The standard InChI is InChI=1S/C33H48N2O4Si/c1-33(2,3)27-28(34-21-24-20-25(40(5,6)7)18-19-26(24)39-4)29(22-14-10-8-11-15-22)35(30(27)32(37)38)31(36)23-16-12-9-13-17-23/h8,10-11,14-15,18-20,23,27-30,34H,9,12-13,16-17,21H2,1-7H3,(H,37,38)/t27-,28-,29-,30-/m0/s1. The molecule has 0 unspecified atom stereocenters. The van der Waals surface area contributed by atoms with E-state index in [0.717, 1.165) is 49.0 Å². The van der Waals surface area contributed by atoms with E-state index >= 15 is 0 Å². The highest BCUT2D eigenvalue weighted by molar-refractivity contribution is 6.88. The highest BCUT2D eigenvalue weighted by Gasteiger charge is 2.58. The van der Waals surface area contributed by atoms with Crippen molar-refractivity contribution in [3.05, 3.63) is 59.7 Å². The van der Waals surface area contributed by atoms with Gasteiger partial charge in [0.2, 0.25) is 5.91 Å². The van der Waals surface area contributed by atoms with E-state index in [1.807, 2.05) is 36.4 Å². The van der Waals surface area contributed by atoms with Crippen LogP contribution in [0.25, 0.3) is 0 Å². The van der Waals surface area contributed by atoms with Crippen molar-refractivity contribution in [2.75, 3.05) is 7.11 Å². The molecule has 1 aliphatic heterocycles. The summed E-state index contributed by atoms with van der Waals surface area (Å²) in [6.45, 7) is 13.8. The number of carboxylic acids is 1. The molecule has 7 heteroatoms. The molecule has 1 heterocycles. The quantitative estimate of drug-likeness (QED) is 0.386. The zero-order valence-electron chi connectivity index (χ0n) is 25.4. The van der Waals surface area contributed by atoms with Crippen LogP contribution in [0, 0.1) is 17.3 Å². The predicted molar refractivity (Wildman–Crippen MR) is 164 cm³/mol. The summed E-state index contributed by atoms with van der Waals surface area (Å²) >= 11 is 0. The van der Waals surface area contributed by atoms with Crippen LogP contribution < -0.4 is 15.2 Å². The number of nitrogens with zero attached hydrogens (tertiary/aromatic N) is 1. The SMILES string of the molecule is COc1ccc([Si](C)(C)C)cc1CN[C@H]1[C@H](C(C)(C)C)[C@@H](C(=O)O)N(C(=O)C2CCCCC2)[C@H]1c1ccccc1. The second-order valence-corrected chi connectivity index (χ2v) is 18.9. The van der Waals surface area contributed by atoms with Gasteiger partial charge in [-0.2, -0.15) is 0 Å². The number of carboxylic acid groups (broad SMARTS) is 1. The van der Waals surface area contributed by atoms with Crippen LogP contribution in [0.2, 0.25) is 19.6 Å². The third kappa shape index (κ3) is 6.31. The number of ether oxygens (including phenoxy) is 1. The molecule has 40 heavy (non-hydrogen) atoms. The molecule has 2 fully saturated rings. The summed E-state index contributed by atoms with van der Waals surface area (Å²) < 4.78 is 5.75. The molecule has 218 valence electrons. The van der Waals surface area contributed by atoms with E-state index in [4.69, 9.17) is 4.74 Å². The van der Waals surface area contributed by atoms with E-state index in [0.29, 0.717) is 6.54 Å². The fraction of sp³-hybridized carbons (Fsp3) is 0.576. The molecule has 2 N–H and O–H groups in total. The maximum atomic E-state index is 14.3. The van der Waals surface area contributed by atoms with E-state index in [1.165, 1.54) is 5.19 Å². The normalized spacial score (nSPS) is 24.2. The summed E-state index contributed by atoms with van der Waals surface area (Å²) in [5.41, 5.74) is 1.68. The summed E-state index contributed by atoms with van der Waals surface area (Å²) in [7, 11) is 0.137. The second kappa shape index (κ2) is 12.1. The molecule has 0 spiro atoms. The summed E-state index contributed by atoms with van der Waals surface area (Å²) in [5.74, 6) is -0.518. The third-order valence-corrected chi connectivity index (χ3v) is 11.0. The molecular formula is C33H48N2O4Si. The molecule has 6 nitrogen and oxygen atoms in total. The summed E-state index contributed by atoms with van der Waals surface area (Å²) in [5, 5.41) is 15.9. The predicted octanol–water partition coefficient (Wildman–Crippen LogP) is 5.98. The first-order chi connectivity index (χ1) is 18.8. The molecular weight excluding hydrogens is 516 g/mol. The average molecular weight is 565 g/mol. The van der Waals surface area contributed by atoms with Crippen molar-refractivity contribution in [2.45, 2.75) is 97.2 Å². The van der Waals surface area contributed by atoms with Gasteiger partial charge in [-0.05, 0) is 29.9 Å². The number of amides is 1. The number of carbonyl (C=O) groups is 2. The van der Waals surface area contributed by atoms with Gasteiger partial charge in [0.15, 0.2) is 0 Å². The highest BCUT2D eigenvalue weighted by atomic mass is 28.3. The topological polar surface area (TPSA) is 78.9 Å². The number of hydrogen-bond donors (Lipinski definition) is 2. The molecule has 4 atom stereocenters. The van der Waals surface area contributed by atoms with Gasteiger partial charge in [0.25, 0.3) is 0 Å². The van der Waals surface area contributed by atoms with Gasteiger partial charge < -0.3 is 20.1 Å². The Balaban J connectivity index is 1.81. The lowest BCUT2D eigenvalue weighted by Crippen LogP contribution is -2.49. The van der Waals surface area contributed by atoms with Gasteiger partial charge in [-0.1, -0.05) is 107 Å². The Kier molecular flexibility index (Phi) is 9.15. The smallest absolute Gasteiger partial charge is 0.326 e. The molecule has 0 radical (unpaired) electrons. The van der Waals surface area contributed by atoms with Crippen molar-refractivity contribution in [3.8, 4) is 5.75 Å². The Morgan fingerprint density at radius 2 is 1.68 bits per heavy atom. The third-order valence-electron chi connectivity index (χ3n) is 8.94. The number of aliphatic carboxylic acids is 1. The number of rotatable bonds is 8. The summed E-state index contributed by atoms with van der Waals surface area (Å²) in [4.78, 5) is 29.1. The van der Waals surface area contributed by atoms with Gasteiger partial charge in [0.1, 0.15) is 11.8 Å². The zero-order chi connectivity index (χ0) is 29.2. The Bertz CT molecular complexity index is 1180. The fourth-order valence-electron chi connectivity index (χ4n) is 6.90. The van der Waals surface area contributed by atoms with Crippen molar-refractivity contribution in [1.82, 2.24) is 10.2 Å². The number of likely N-dealkylation sites (tertiary alicyclic amines) is 1. The Morgan fingerprint density at radius 1 is 1.02 bits per heavy atom. The number of carbonyl (C=O) groups excluding carboxylic acids is 1. The Labute approximate surface area is 241 Å². The zero-order valence-corrected chi connectivity index (χ0v) is 26.4. The van der Waals surface area contributed by atoms with Crippen LogP contribution in [-0.4, -0.2) is 49.2 Å². The monoisotopic (exact) mass is 564 g/mol. The molecule has 1 aliphatic carbocycles. The van der Waals surface area contributed by atoms with Gasteiger partial charge in [-0.15, -0.1) is 0 Å². The maximum Gasteiger partial charge on any atom is 0.326 e. The largest absolute Gasteiger partial charge is 0.496 e. The lowest BCUT2D eigenvalue weighted by atomic mass is 9.72. The molecule has 1 amide bonds. The lowest BCUT2D eigenvalue weighted by Gasteiger charge is -2.36. The lowest BCUT2D eigenvalue weighted by molar-refractivity contribution is -0.154. The highest BCUT2D eigenvalue weighted by Crippen LogP contribution is 2.49. The van der Waals surface area contributed by atoms with Crippen LogP contribution in [0.4, 0.5) is 0 Å². The molecule has 2 aromatic carbocycles. The minimum Gasteiger partial charge on any atom is -0.496 e. The first kappa shape index (κ1) is 30.3. The molecule has 2 aliphatic rings. The minimum atomic E-state index is -1.56. The van der Waals surface area contributed by atoms with Crippen molar-refractivity contribution >= 4 is 25.1 Å². The number of nitrogens with one attached hydrogen (secondary N) is 1. The van der Waals surface area contributed by atoms with Crippen LogP contribution in [0.3, 0.4) is 0 Å². The van der Waals surface area contributed by atoms with Crippen molar-refractivity contribution < 1.29 is 19.4 Å². The van der Waals surface area contributed by atoms with Gasteiger partial charge in [0.05, 0.1) is 21.2 Å². The Hall–Kier alpha value is -2.64. The van der Waals surface area contributed by atoms with E-state index in [2.05, 4.69) is 57.9 Å². The van der Waals surface area contributed by atoms with Gasteiger partial charge in [0, 0.05) is 30.0 Å². The molecule has 0 bridgehead atoms. The molecule has 0 aromatic heterocycles. The van der Waals surface area contributed by atoms with Crippen molar-refractivity contribution in [2.24, 2.45) is 17.3 Å². The van der Waals surface area contributed by atoms with E-state index in [-0.39, 0.29) is 35.2 Å².